The lowest BCUT2D eigenvalue weighted by Gasteiger charge is -2.38. The van der Waals surface area contributed by atoms with Gasteiger partial charge in [0, 0.05) is 6.42 Å². The van der Waals surface area contributed by atoms with Crippen LogP contribution in [0.5, 0.6) is 0 Å². The lowest BCUT2D eigenvalue weighted by atomic mass is 9.84. The Bertz CT molecular complexity index is 733. The fourth-order valence-electron chi connectivity index (χ4n) is 3.39. The first kappa shape index (κ1) is 18.9. The van der Waals surface area contributed by atoms with Gasteiger partial charge in [-0.15, -0.1) is 0 Å². The minimum atomic E-state index is -1.93. The highest BCUT2D eigenvalue weighted by atomic mass is 28.4. The number of hydrogen-bond acceptors (Lipinski definition) is 3. The Balaban J connectivity index is 1.73. The maximum absolute atomic E-state index is 12.9. The fourth-order valence-corrected chi connectivity index (χ4v) is 4.52. The molecule has 4 nitrogen and oxygen atoms in total. The molecule has 2 amide bonds. The van der Waals surface area contributed by atoms with Crippen molar-refractivity contribution >= 4 is 20.1 Å². The van der Waals surface area contributed by atoms with Gasteiger partial charge in [0.25, 0.3) is 0 Å². The van der Waals surface area contributed by atoms with Gasteiger partial charge in [-0.05, 0) is 36.2 Å². The van der Waals surface area contributed by atoms with Gasteiger partial charge in [-0.2, -0.15) is 0 Å². The van der Waals surface area contributed by atoms with Gasteiger partial charge in [0.2, 0.25) is 20.1 Å². The largest absolute Gasteiger partial charge is 0.547 e. The minimum absolute atomic E-state index is 0.0357. The molecule has 1 aliphatic heterocycles. The van der Waals surface area contributed by atoms with Gasteiger partial charge >= 0.3 is 0 Å². The van der Waals surface area contributed by atoms with Gasteiger partial charge in [0.1, 0.15) is 0 Å². The van der Waals surface area contributed by atoms with Crippen LogP contribution in [0.4, 0.5) is 0 Å². The predicted molar refractivity (Wildman–Crippen MR) is 105 cm³/mol. The van der Waals surface area contributed by atoms with Crippen LogP contribution < -0.4 is 0 Å². The smallest absolute Gasteiger partial charge is 0.250 e. The number of benzene rings is 1. The van der Waals surface area contributed by atoms with E-state index in [0.29, 0.717) is 19.4 Å². The molecule has 1 heterocycles. The second kappa shape index (κ2) is 6.69. The monoisotopic (exact) mass is 371 g/mol. The van der Waals surface area contributed by atoms with Crippen LogP contribution in [0.1, 0.15) is 39.2 Å². The number of fused-ring (bicyclic) bond motifs is 1. The quantitative estimate of drug-likeness (QED) is 0.579. The molecule has 1 aliphatic carbocycles. The third kappa shape index (κ3) is 3.50. The van der Waals surface area contributed by atoms with Crippen LogP contribution in [0.25, 0.3) is 0 Å². The standard InChI is InChI=1S/C21H29NO3Si/c1-21(2,3)26(4,5)25-16-11-12-17-18(13-16)20(24)22(19(17)23)14-15-9-7-6-8-10-15/h6-11,17-18H,12-14H2,1-5H3/t17-,18+/m1/s1. The van der Waals surface area contributed by atoms with Gasteiger partial charge in [0.05, 0.1) is 24.1 Å². The summed E-state index contributed by atoms with van der Waals surface area (Å²) in [5, 5.41) is 0.111. The van der Waals surface area contributed by atoms with Gasteiger partial charge in [0.15, 0.2) is 0 Å². The Morgan fingerprint density at radius 2 is 1.69 bits per heavy atom. The molecular weight excluding hydrogens is 342 g/mol. The number of nitrogens with zero attached hydrogens (tertiary/aromatic N) is 1. The first-order chi connectivity index (χ1) is 12.1. The summed E-state index contributed by atoms with van der Waals surface area (Å²) in [7, 11) is -1.93. The highest BCUT2D eigenvalue weighted by Crippen LogP contribution is 2.43. The molecule has 2 aliphatic rings. The summed E-state index contributed by atoms with van der Waals surface area (Å²) >= 11 is 0. The molecule has 0 saturated carbocycles. The Kier molecular flexibility index (Phi) is 4.86. The molecule has 3 rings (SSSR count). The molecule has 1 aromatic rings. The van der Waals surface area contributed by atoms with Crippen molar-refractivity contribution in [3.63, 3.8) is 0 Å². The van der Waals surface area contributed by atoms with Crippen molar-refractivity contribution in [2.75, 3.05) is 0 Å². The van der Waals surface area contributed by atoms with E-state index in [2.05, 4.69) is 33.9 Å². The van der Waals surface area contributed by atoms with E-state index in [9.17, 15) is 9.59 Å². The highest BCUT2D eigenvalue weighted by Gasteiger charge is 2.49. The Morgan fingerprint density at radius 3 is 2.31 bits per heavy atom. The number of amides is 2. The van der Waals surface area contributed by atoms with Crippen molar-refractivity contribution in [1.82, 2.24) is 4.90 Å². The van der Waals surface area contributed by atoms with Crippen LogP contribution >= 0.6 is 0 Å². The van der Waals surface area contributed by atoms with E-state index in [0.717, 1.165) is 11.3 Å². The van der Waals surface area contributed by atoms with Crippen molar-refractivity contribution in [2.45, 2.75) is 58.3 Å². The molecule has 0 N–H and O–H groups in total. The number of imide groups is 1. The zero-order valence-electron chi connectivity index (χ0n) is 16.4. The fraction of sp³-hybridized carbons (Fsp3) is 0.524. The normalized spacial score (nSPS) is 23.7. The molecule has 2 atom stereocenters. The van der Waals surface area contributed by atoms with Crippen LogP contribution in [0.2, 0.25) is 18.1 Å². The summed E-state index contributed by atoms with van der Waals surface area (Å²) in [6, 6.07) is 9.70. The molecule has 0 spiro atoms. The molecule has 5 heteroatoms. The van der Waals surface area contributed by atoms with E-state index in [1.165, 1.54) is 4.90 Å². The molecule has 0 bridgehead atoms. The number of rotatable bonds is 4. The van der Waals surface area contributed by atoms with Crippen molar-refractivity contribution in [2.24, 2.45) is 11.8 Å². The lowest BCUT2D eigenvalue weighted by Crippen LogP contribution is -2.41. The van der Waals surface area contributed by atoms with Crippen molar-refractivity contribution in [3.8, 4) is 0 Å². The number of hydrogen-bond donors (Lipinski definition) is 0. The second-order valence-corrected chi connectivity index (χ2v) is 13.7. The van der Waals surface area contributed by atoms with Crippen molar-refractivity contribution < 1.29 is 14.0 Å². The van der Waals surface area contributed by atoms with Crippen molar-refractivity contribution in [1.29, 1.82) is 0 Å². The van der Waals surface area contributed by atoms with Gasteiger partial charge in [-0.3, -0.25) is 14.5 Å². The predicted octanol–water partition coefficient (Wildman–Crippen LogP) is 4.49. The molecule has 0 radical (unpaired) electrons. The zero-order valence-corrected chi connectivity index (χ0v) is 17.4. The van der Waals surface area contributed by atoms with Crippen LogP contribution in [0.15, 0.2) is 42.2 Å². The molecule has 26 heavy (non-hydrogen) atoms. The average Bonchev–Trinajstić information content (AvgIpc) is 2.79. The summed E-state index contributed by atoms with van der Waals surface area (Å²) in [4.78, 5) is 27.1. The minimum Gasteiger partial charge on any atom is -0.547 e. The molecular formula is C21H29NO3Si. The molecule has 1 fully saturated rings. The highest BCUT2D eigenvalue weighted by molar-refractivity contribution is 6.74. The number of allylic oxidation sites excluding steroid dienone is 2. The number of carbonyl (C=O) groups is 2. The van der Waals surface area contributed by atoms with Crippen LogP contribution in [-0.2, 0) is 20.6 Å². The Morgan fingerprint density at radius 1 is 1.08 bits per heavy atom. The summed E-state index contributed by atoms with van der Waals surface area (Å²) in [5.74, 6) is 0.328. The Hall–Kier alpha value is -1.88. The van der Waals surface area contributed by atoms with Gasteiger partial charge in [-0.1, -0.05) is 51.1 Å². The average molecular weight is 372 g/mol. The molecule has 0 unspecified atom stereocenters. The lowest BCUT2D eigenvalue weighted by molar-refractivity contribution is -0.140. The van der Waals surface area contributed by atoms with Crippen LogP contribution in [-0.4, -0.2) is 25.0 Å². The van der Waals surface area contributed by atoms with E-state index in [-0.39, 0.29) is 28.7 Å². The summed E-state index contributed by atoms with van der Waals surface area (Å²) in [6.07, 6.45) is 3.19. The third-order valence-corrected chi connectivity index (χ3v) is 10.4. The number of likely N-dealkylation sites (tertiary alicyclic amines) is 1. The molecule has 0 aromatic heterocycles. The second-order valence-electron chi connectivity index (χ2n) is 8.93. The first-order valence-corrected chi connectivity index (χ1v) is 12.3. The Labute approximate surface area is 157 Å². The van der Waals surface area contributed by atoms with E-state index in [4.69, 9.17) is 4.43 Å². The third-order valence-electron chi connectivity index (χ3n) is 6.05. The molecule has 1 aromatic carbocycles. The zero-order chi connectivity index (χ0) is 19.1. The van der Waals surface area contributed by atoms with Crippen LogP contribution in [0.3, 0.4) is 0 Å². The SMILES string of the molecule is CC(C)(C)[Si](C)(C)OC1=CC[C@H]2C(=O)N(Cc3ccccc3)C(=O)[C@H]2C1. The molecule has 140 valence electrons. The first-order valence-electron chi connectivity index (χ1n) is 9.37. The van der Waals surface area contributed by atoms with Gasteiger partial charge < -0.3 is 4.43 Å². The van der Waals surface area contributed by atoms with Gasteiger partial charge in [-0.25, -0.2) is 0 Å². The van der Waals surface area contributed by atoms with E-state index < -0.39 is 8.32 Å². The summed E-state index contributed by atoms with van der Waals surface area (Å²) < 4.78 is 6.41. The molecule has 1 saturated heterocycles. The van der Waals surface area contributed by atoms with Crippen molar-refractivity contribution in [3.05, 3.63) is 47.7 Å². The maximum atomic E-state index is 12.9. The van der Waals surface area contributed by atoms with E-state index in [1.54, 1.807) is 0 Å². The number of carbonyl (C=O) groups excluding carboxylic acids is 2. The maximum Gasteiger partial charge on any atom is 0.250 e. The van der Waals surface area contributed by atoms with E-state index >= 15 is 0 Å². The topological polar surface area (TPSA) is 46.6 Å². The van der Waals surface area contributed by atoms with E-state index in [1.807, 2.05) is 36.4 Å². The van der Waals surface area contributed by atoms with Crippen LogP contribution in [0, 0.1) is 11.8 Å². The summed E-state index contributed by atoms with van der Waals surface area (Å²) in [5.41, 5.74) is 0.985. The summed E-state index contributed by atoms with van der Waals surface area (Å²) in [6.45, 7) is 11.4.